The van der Waals surface area contributed by atoms with Crippen molar-refractivity contribution in [3.63, 3.8) is 0 Å². The molecule has 1 aromatic rings. The van der Waals surface area contributed by atoms with Crippen molar-refractivity contribution in [1.82, 2.24) is 10.9 Å². The second-order valence-corrected chi connectivity index (χ2v) is 3.70. The molecule has 2 rings (SSSR count). The van der Waals surface area contributed by atoms with Gasteiger partial charge in [0.25, 0.3) is 0 Å². The van der Waals surface area contributed by atoms with Gasteiger partial charge in [-0.1, -0.05) is 11.6 Å². The zero-order valence-electron chi connectivity index (χ0n) is 7.30. The van der Waals surface area contributed by atoms with Gasteiger partial charge in [0.1, 0.15) is 12.0 Å². The first-order chi connectivity index (χ1) is 6.66. The van der Waals surface area contributed by atoms with Crippen LogP contribution in [0.2, 0.25) is 5.02 Å². The predicted molar refractivity (Wildman–Crippen MR) is 51.0 cm³/mol. The summed E-state index contributed by atoms with van der Waals surface area (Å²) in [6.45, 7) is 0. The van der Waals surface area contributed by atoms with Crippen LogP contribution in [0.25, 0.3) is 0 Å². The van der Waals surface area contributed by atoms with Gasteiger partial charge < -0.3 is 5.11 Å². The van der Waals surface area contributed by atoms with Crippen LogP contribution in [0.3, 0.4) is 0 Å². The van der Waals surface area contributed by atoms with Crippen LogP contribution in [-0.2, 0) is 0 Å². The van der Waals surface area contributed by atoms with Crippen LogP contribution in [0.5, 0.6) is 0 Å². The Balaban J connectivity index is 2.27. The van der Waals surface area contributed by atoms with Crippen molar-refractivity contribution >= 4 is 11.6 Å². The number of rotatable bonds is 1. The molecule has 1 saturated heterocycles. The van der Waals surface area contributed by atoms with Crippen molar-refractivity contribution in [3.05, 3.63) is 34.6 Å². The fourth-order valence-electron chi connectivity index (χ4n) is 1.52. The maximum atomic E-state index is 13.3. The van der Waals surface area contributed by atoms with Crippen molar-refractivity contribution in [2.75, 3.05) is 0 Å². The Morgan fingerprint density at radius 2 is 2.21 bits per heavy atom. The van der Waals surface area contributed by atoms with Crippen LogP contribution in [-0.4, -0.2) is 11.3 Å². The van der Waals surface area contributed by atoms with E-state index in [4.69, 9.17) is 11.6 Å². The Bertz CT molecular complexity index is 348. The molecule has 1 aliphatic heterocycles. The summed E-state index contributed by atoms with van der Waals surface area (Å²) in [5.41, 5.74) is 5.88. The minimum atomic E-state index is -0.640. The van der Waals surface area contributed by atoms with Crippen LogP contribution in [0.15, 0.2) is 18.2 Å². The molecule has 1 fully saturated rings. The number of benzene rings is 1. The van der Waals surface area contributed by atoms with E-state index in [1.165, 1.54) is 12.1 Å². The van der Waals surface area contributed by atoms with Gasteiger partial charge in [-0.2, -0.15) is 0 Å². The van der Waals surface area contributed by atoms with Crippen molar-refractivity contribution in [2.24, 2.45) is 0 Å². The SMILES string of the molecule is OC1CC(c2cc(Cl)ccc2F)NN1. The summed E-state index contributed by atoms with van der Waals surface area (Å²) in [6, 6.07) is 4.15. The minimum Gasteiger partial charge on any atom is -0.377 e. The first-order valence-electron chi connectivity index (χ1n) is 4.31. The van der Waals surface area contributed by atoms with Gasteiger partial charge in [-0.25, -0.2) is 15.2 Å². The number of aliphatic hydroxyl groups is 1. The summed E-state index contributed by atoms with van der Waals surface area (Å²) in [6.07, 6.45) is -0.213. The first kappa shape index (κ1) is 9.86. The smallest absolute Gasteiger partial charge is 0.128 e. The Morgan fingerprint density at radius 3 is 2.86 bits per heavy atom. The molecular weight excluding hydrogens is 207 g/mol. The fraction of sp³-hybridized carbons (Fsp3) is 0.333. The molecule has 0 aromatic heterocycles. The van der Waals surface area contributed by atoms with E-state index in [1.54, 1.807) is 6.07 Å². The van der Waals surface area contributed by atoms with E-state index in [-0.39, 0.29) is 11.9 Å². The van der Waals surface area contributed by atoms with Gasteiger partial charge in [0.15, 0.2) is 0 Å². The summed E-state index contributed by atoms with van der Waals surface area (Å²) in [4.78, 5) is 0. The molecule has 0 radical (unpaired) electrons. The van der Waals surface area contributed by atoms with Gasteiger partial charge in [-0.3, -0.25) is 0 Å². The lowest BCUT2D eigenvalue weighted by molar-refractivity contribution is 0.153. The van der Waals surface area contributed by atoms with Crippen LogP contribution in [0.4, 0.5) is 4.39 Å². The molecule has 0 amide bonds. The molecular formula is C9H10ClFN2O. The lowest BCUT2D eigenvalue weighted by Crippen LogP contribution is -2.30. The summed E-state index contributed by atoms with van der Waals surface area (Å²) in [5.74, 6) is -0.317. The van der Waals surface area contributed by atoms with Gasteiger partial charge in [0.2, 0.25) is 0 Å². The third-order valence-corrected chi connectivity index (χ3v) is 2.45. The molecule has 2 unspecified atom stereocenters. The molecule has 14 heavy (non-hydrogen) atoms. The molecule has 0 bridgehead atoms. The number of nitrogens with one attached hydrogen (secondary N) is 2. The van der Waals surface area contributed by atoms with Crippen molar-refractivity contribution in [3.8, 4) is 0 Å². The molecule has 1 aliphatic rings. The highest BCUT2D eigenvalue weighted by Gasteiger charge is 2.25. The maximum absolute atomic E-state index is 13.3. The van der Waals surface area contributed by atoms with E-state index >= 15 is 0 Å². The van der Waals surface area contributed by atoms with Crippen molar-refractivity contribution in [1.29, 1.82) is 0 Å². The Morgan fingerprint density at radius 1 is 1.43 bits per heavy atom. The quantitative estimate of drug-likeness (QED) is 0.664. The molecule has 0 aliphatic carbocycles. The summed E-state index contributed by atoms with van der Waals surface area (Å²) < 4.78 is 13.3. The van der Waals surface area contributed by atoms with E-state index in [2.05, 4.69) is 10.9 Å². The molecule has 1 aromatic carbocycles. The second kappa shape index (κ2) is 3.82. The number of aliphatic hydroxyl groups excluding tert-OH is 1. The highest BCUT2D eigenvalue weighted by atomic mass is 35.5. The lowest BCUT2D eigenvalue weighted by atomic mass is 10.0. The van der Waals surface area contributed by atoms with E-state index < -0.39 is 6.23 Å². The molecule has 2 atom stereocenters. The Hall–Kier alpha value is -0.680. The second-order valence-electron chi connectivity index (χ2n) is 3.26. The van der Waals surface area contributed by atoms with Crippen molar-refractivity contribution in [2.45, 2.75) is 18.7 Å². The fourth-order valence-corrected chi connectivity index (χ4v) is 1.70. The first-order valence-corrected chi connectivity index (χ1v) is 4.68. The third kappa shape index (κ3) is 1.88. The minimum absolute atomic E-state index is 0.233. The monoisotopic (exact) mass is 216 g/mol. The summed E-state index contributed by atoms with van der Waals surface area (Å²) in [5, 5.41) is 9.68. The van der Waals surface area contributed by atoms with Gasteiger partial charge in [0, 0.05) is 17.0 Å². The van der Waals surface area contributed by atoms with Crippen molar-refractivity contribution < 1.29 is 9.50 Å². The van der Waals surface area contributed by atoms with E-state index in [9.17, 15) is 9.50 Å². The van der Waals surface area contributed by atoms with Crippen LogP contribution in [0.1, 0.15) is 18.0 Å². The highest BCUT2D eigenvalue weighted by Crippen LogP contribution is 2.26. The highest BCUT2D eigenvalue weighted by molar-refractivity contribution is 6.30. The van der Waals surface area contributed by atoms with Crippen LogP contribution >= 0.6 is 11.6 Å². The van der Waals surface area contributed by atoms with E-state index in [0.29, 0.717) is 17.0 Å². The predicted octanol–water partition coefficient (Wildman–Crippen LogP) is 1.34. The normalized spacial score (nSPS) is 26.8. The van der Waals surface area contributed by atoms with Gasteiger partial charge in [-0.15, -0.1) is 0 Å². The molecule has 3 nitrogen and oxygen atoms in total. The van der Waals surface area contributed by atoms with Gasteiger partial charge in [-0.05, 0) is 18.2 Å². The lowest BCUT2D eigenvalue weighted by Gasteiger charge is -2.10. The summed E-state index contributed by atoms with van der Waals surface area (Å²) in [7, 11) is 0. The molecule has 0 saturated carbocycles. The standard InChI is InChI=1S/C9H10ClFN2O/c10-5-1-2-7(11)6(3-5)8-4-9(14)13-12-8/h1-3,8-9,12-14H,4H2. The molecule has 5 heteroatoms. The maximum Gasteiger partial charge on any atom is 0.128 e. The van der Waals surface area contributed by atoms with Gasteiger partial charge >= 0.3 is 0 Å². The average Bonchev–Trinajstić information content (AvgIpc) is 2.56. The molecule has 3 N–H and O–H groups in total. The topological polar surface area (TPSA) is 44.3 Å². The Kier molecular flexibility index (Phi) is 2.69. The zero-order chi connectivity index (χ0) is 10.1. The van der Waals surface area contributed by atoms with E-state index in [1.807, 2.05) is 0 Å². The average molecular weight is 217 g/mol. The van der Waals surface area contributed by atoms with E-state index in [0.717, 1.165) is 0 Å². The largest absolute Gasteiger partial charge is 0.377 e. The van der Waals surface area contributed by atoms with Gasteiger partial charge in [0.05, 0.1) is 6.04 Å². The zero-order valence-corrected chi connectivity index (χ0v) is 8.05. The molecule has 76 valence electrons. The Labute approximate surface area is 85.9 Å². The summed E-state index contributed by atoms with van der Waals surface area (Å²) >= 11 is 5.75. The number of hydrazine groups is 1. The van der Waals surface area contributed by atoms with Crippen LogP contribution in [0, 0.1) is 5.82 Å². The number of hydrogen-bond donors (Lipinski definition) is 3. The van der Waals surface area contributed by atoms with Crippen LogP contribution < -0.4 is 10.9 Å². The molecule has 0 spiro atoms. The third-order valence-electron chi connectivity index (χ3n) is 2.22. The number of hydrogen-bond acceptors (Lipinski definition) is 3. The molecule has 1 heterocycles. The number of halogens is 2.